The highest BCUT2D eigenvalue weighted by Gasteiger charge is 2.21. The fourth-order valence-electron chi connectivity index (χ4n) is 1.95. The van der Waals surface area contributed by atoms with Gasteiger partial charge in [-0.05, 0) is 44.5 Å². The number of benzene rings is 1. The first kappa shape index (κ1) is 21.7. The van der Waals surface area contributed by atoms with Crippen LogP contribution < -0.4 is 16.0 Å². The molecule has 0 saturated carbocycles. The lowest BCUT2D eigenvalue weighted by molar-refractivity contribution is -0.128. The second-order valence-corrected chi connectivity index (χ2v) is 8.07. The first-order valence-corrected chi connectivity index (χ1v) is 8.95. The summed E-state index contributed by atoms with van der Waals surface area (Å²) in [5.41, 5.74) is 0.422. The SMILES string of the molecule is CCC(C)(C)NC(=O)c1ccc(NC(=O)CCNC(=O)C(C)(C)C)cc1. The molecule has 0 aromatic heterocycles. The molecule has 1 rings (SSSR count). The molecule has 0 aliphatic carbocycles. The van der Waals surface area contributed by atoms with Gasteiger partial charge in [0, 0.05) is 35.2 Å². The molecule has 26 heavy (non-hydrogen) atoms. The Hall–Kier alpha value is -2.37. The van der Waals surface area contributed by atoms with Crippen molar-refractivity contribution in [2.45, 2.75) is 59.9 Å². The predicted octanol–water partition coefficient (Wildman–Crippen LogP) is 3.10. The zero-order valence-corrected chi connectivity index (χ0v) is 16.7. The highest BCUT2D eigenvalue weighted by atomic mass is 16.2. The first-order valence-electron chi connectivity index (χ1n) is 8.95. The summed E-state index contributed by atoms with van der Waals surface area (Å²) in [6.07, 6.45) is 1.02. The van der Waals surface area contributed by atoms with Gasteiger partial charge >= 0.3 is 0 Å². The maximum absolute atomic E-state index is 12.2. The molecular weight excluding hydrogens is 330 g/mol. The van der Waals surface area contributed by atoms with Crippen LogP contribution in [0.25, 0.3) is 0 Å². The van der Waals surface area contributed by atoms with Gasteiger partial charge in [-0.15, -0.1) is 0 Å². The Morgan fingerprint density at radius 2 is 1.54 bits per heavy atom. The maximum atomic E-state index is 12.2. The van der Waals surface area contributed by atoms with Crippen LogP contribution in [0.1, 0.15) is 64.7 Å². The van der Waals surface area contributed by atoms with Gasteiger partial charge in [-0.2, -0.15) is 0 Å². The molecule has 0 spiro atoms. The second-order valence-electron chi connectivity index (χ2n) is 8.07. The summed E-state index contributed by atoms with van der Waals surface area (Å²) in [4.78, 5) is 35.9. The van der Waals surface area contributed by atoms with Gasteiger partial charge in [0.15, 0.2) is 0 Å². The molecule has 1 aromatic carbocycles. The van der Waals surface area contributed by atoms with Gasteiger partial charge in [0.05, 0.1) is 0 Å². The molecule has 0 radical (unpaired) electrons. The van der Waals surface area contributed by atoms with Crippen molar-refractivity contribution >= 4 is 23.4 Å². The molecule has 0 fully saturated rings. The van der Waals surface area contributed by atoms with Crippen LogP contribution in [0.3, 0.4) is 0 Å². The van der Waals surface area contributed by atoms with Crippen molar-refractivity contribution in [2.24, 2.45) is 5.41 Å². The lowest BCUT2D eigenvalue weighted by atomic mass is 9.96. The molecule has 6 heteroatoms. The summed E-state index contributed by atoms with van der Waals surface area (Å²) >= 11 is 0. The van der Waals surface area contributed by atoms with E-state index in [1.807, 2.05) is 41.5 Å². The molecule has 6 nitrogen and oxygen atoms in total. The summed E-state index contributed by atoms with van der Waals surface area (Å²) in [7, 11) is 0. The quantitative estimate of drug-likeness (QED) is 0.697. The van der Waals surface area contributed by atoms with Crippen LogP contribution in [0.2, 0.25) is 0 Å². The number of carbonyl (C=O) groups excluding carboxylic acids is 3. The van der Waals surface area contributed by atoms with E-state index in [0.29, 0.717) is 11.3 Å². The number of amides is 3. The summed E-state index contributed by atoms with van der Waals surface area (Å²) in [5.74, 6) is -0.418. The Morgan fingerprint density at radius 1 is 0.962 bits per heavy atom. The number of nitrogens with one attached hydrogen (secondary N) is 3. The van der Waals surface area contributed by atoms with E-state index < -0.39 is 5.41 Å². The van der Waals surface area contributed by atoms with Crippen LogP contribution in [0, 0.1) is 5.41 Å². The van der Waals surface area contributed by atoms with Gasteiger partial charge in [-0.25, -0.2) is 0 Å². The first-order chi connectivity index (χ1) is 11.9. The van der Waals surface area contributed by atoms with Gasteiger partial charge in [-0.3, -0.25) is 14.4 Å². The number of hydrogen-bond donors (Lipinski definition) is 3. The Bertz CT molecular complexity index is 643. The number of rotatable bonds is 7. The van der Waals surface area contributed by atoms with Gasteiger partial charge < -0.3 is 16.0 Å². The summed E-state index contributed by atoms with van der Waals surface area (Å²) in [5, 5.41) is 8.46. The Balaban J connectivity index is 2.50. The van der Waals surface area contributed by atoms with E-state index >= 15 is 0 Å². The zero-order valence-electron chi connectivity index (χ0n) is 16.7. The second kappa shape index (κ2) is 8.83. The smallest absolute Gasteiger partial charge is 0.251 e. The zero-order chi connectivity index (χ0) is 20.0. The van der Waals surface area contributed by atoms with Gasteiger partial charge in [0.1, 0.15) is 0 Å². The van der Waals surface area contributed by atoms with E-state index in [1.165, 1.54) is 0 Å². The van der Waals surface area contributed by atoms with Gasteiger partial charge in [0.25, 0.3) is 5.91 Å². The van der Waals surface area contributed by atoms with Crippen LogP contribution >= 0.6 is 0 Å². The summed E-state index contributed by atoms with van der Waals surface area (Å²) in [6, 6.07) is 6.75. The topological polar surface area (TPSA) is 87.3 Å². The van der Waals surface area contributed by atoms with Crippen molar-refractivity contribution in [1.82, 2.24) is 10.6 Å². The molecular formula is C20H31N3O3. The fourth-order valence-corrected chi connectivity index (χ4v) is 1.95. The third kappa shape index (κ3) is 7.25. The molecule has 0 atom stereocenters. The normalized spacial score (nSPS) is 11.6. The minimum absolute atomic E-state index is 0.0873. The van der Waals surface area contributed by atoms with Crippen LogP contribution in [0.15, 0.2) is 24.3 Å². The third-order valence-electron chi connectivity index (χ3n) is 4.09. The van der Waals surface area contributed by atoms with E-state index in [4.69, 9.17) is 0 Å². The largest absolute Gasteiger partial charge is 0.355 e. The summed E-state index contributed by atoms with van der Waals surface area (Å²) in [6.45, 7) is 11.7. The van der Waals surface area contributed by atoms with Crippen LogP contribution in [-0.2, 0) is 9.59 Å². The molecule has 1 aromatic rings. The van der Waals surface area contributed by atoms with Crippen molar-refractivity contribution in [2.75, 3.05) is 11.9 Å². The number of anilines is 1. The van der Waals surface area contributed by atoms with E-state index in [0.717, 1.165) is 6.42 Å². The molecule has 3 amide bonds. The average Bonchev–Trinajstić information content (AvgIpc) is 2.54. The van der Waals surface area contributed by atoms with Crippen molar-refractivity contribution < 1.29 is 14.4 Å². The highest BCUT2D eigenvalue weighted by Crippen LogP contribution is 2.14. The van der Waals surface area contributed by atoms with Crippen LogP contribution in [-0.4, -0.2) is 29.8 Å². The highest BCUT2D eigenvalue weighted by molar-refractivity contribution is 5.96. The lowest BCUT2D eigenvalue weighted by Gasteiger charge is -2.24. The molecule has 3 N–H and O–H groups in total. The predicted molar refractivity (Wildman–Crippen MR) is 104 cm³/mol. The summed E-state index contributed by atoms with van der Waals surface area (Å²) < 4.78 is 0. The molecule has 0 bridgehead atoms. The van der Waals surface area contributed by atoms with Crippen molar-refractivity contribution in [1.29, 1.82) is 0 Å². The molecule has 0 saturated heterocycles. The Labute approximate surface area is 156 Å². The number of carbonyl (C=O) groups is 3. The van der Waals surface area contributed by atoms with Crippen LogP contribution in [0.5, 0.6) is 0 Å². The molecule has 0 unspecified atom stereocenters. The Morgan fingerprint density at radius 3 is 2.04 bits per heavy atom. The maximum Gasteiger partial charge on any atom is 0.251 e. The average molecular weight is 361 g/mol. The van der Waals surface area contributed by atoms with Gasteiger partial charge in [0.2, 0.25) is 11.8 Å². The third-order valence-corrected chi connectivity index (χ3v) is 4.09. The molecule has 0 aliphatic heterocycles. The Kier molecular flexibility index (Phi) is 7.36. The van der Waals surface area contributed by atoms with Gasteiger partial charge in [-0.1, -0.05) is 27.7 Å². The standard InChI is InChI=1S/C20H31N3O3/c1-7-20(5,6)23-17(25)14-8-10-15(11-9-14)22-16(24)12-13-21-18(26)19(2,3)4/h8-11H,7,12-13H2,1-6H3,(H,21,26)(H,22,24)(H,23,25). The van der Waals surface area contributed by atoms with E-state index in [2.05, 4.69) is 16.0 Å². The molecule has 0 heterocycles. The van der Waals surface area contributed by atoms with E-state index in [9.17, 15) is 14.4 Å². The minimum Gasteiger partial charge on any atom is -0.355 e. The number of hydrogen-bond acceptors (Lipinski definition) is 3. The fraction of sp³-hybridized carbons (Fsp3) is 0.550. The van der Waals surface area contributed by atoms with Crippen LogP contribution in [0.4, 0.5) is 5.69 Å². The monoisotopic (exact) mass is 361 g/mol. The molecule has 0 aliphatic rings. The van der Waals surface area contributed by atoms with E-state index in [-0.39, 0.29) is 36.2 Å². The van der Waals surface area contributed by atoms with Crippen molar-refractivity contribution in [3.8, 4) is 0 Å². The molecule has 144 valence electrons. The van der Waals surface area contributed by atoms with Crippen molar-refractivity contribution in [3.63, 3.8) is 0 Å². The lowest BCUT2D eigenvalue weighted by Crippen LogP contribution is -2.42. The van der Waals surface area contributed by atoms with Crippen molar-refractivity contribution in [3.05, 3.63) is 29.8 Å². The van der Waals surface area contributed by atoms with E-state index in [1.54, 1.807) is 24.3 Å². The minimum atomic E-state index is -0.473.